The Morgan fingerprint density at radius 3 is 1.97 bits per heavy atom. The van der Waals surface area contributed by atoms with Gasteiger partial charge in [0.1, 0.15) is 0 Å². The highest BCUT2D eigenvalue weighted by Crippen LogP contribution is 2.22. The molecule has 31 heavy (non-hydrogen) atoms. The van der Waals surface area contributed by atoms with Crippen molar-refractivity contribution in [3.8, 4) is 0 Å². The van der Waals surface area contributed by atoms with Gasteiger partial charge in [-0.25, -0.2) is 0 Å². The second-order valence-corrected chi connectivity index (χ2v) is 9.82. The van der Waals surface area contributed by atoms with Crippen LogP contribution in [0.2, 0.25) is 0 Å². The molecule has 0 radical (unpaired) electrons. The molecular weight excluding hydrogens is 402 g/mol. The van der Waals surface area contributed by atoms with Crippen molar-refractivity contribution < 1.29 is 4.21 Å². The average Bonchev–Trinajstić information content (AvgIpc) is 3.02. The van der Waals surface area contributed by atoms with Crippen LogP contribution in [0.3, 0.4) is 0 Å². The minimum atomic E-state index is -0.970. The normalized spacial score (nSPS) is 13.4. The molecule has 0 bridgehead atoms. The summed E-state index contributed by atoms with van der Waals surface area (Å²) in [7, 11) is -0.970. The molecule has 1 aromatic heterocycles. The van der Waals surface area contributed by atoms with E-state index in [1.807, 2.05) is 12.1 Å². The third-order valence-corrected chi connectivity index (χ3v) is 6.62. The summed E-state index contributed by atoms with van der Waals surface area (Å²) in [5.74, 6) is 0.517. The van der Waals surface area contributed by atoms with Gasteiger partial charge in [0.25, 0.3) is 0 Å². The number of para-hydroxylation sites is 2. The Bertz CT molecular complexity index is 1270. The fourth-order valence-corrected chi connectivity index (χ4v) is 4.96. The Hall–Kier alpha value is -2.92. The predicted octanol–water partition coefficient (Wildman–Crippen LogP) is 4.75. The Morgan fingerprint density at radius 2 is 1.39 bits per heavy atom. The van der Waals surface area contributed by atoms with Crippen LogP contribution in [0.25, 0.3) is 11.0 Å². The maximum absolute atomic E-state index is 12.3. The van der Waals surface area contributed by atoms with Gasteiger partial charge in [0, 0.05) is 22.8 Å². The Morgan fingerprint density at radius 1 is 0.839 bits per heavy atom. The summed E-state index contributed by atoms with van der Waals surface area (Å²) in [6, 6.07) is 25.1. The molecule has 0 aliphatic carbocycles. The summed E-state index contributed by atoms with van der Waals surface area (Å²) in [4.78, 5) is 0. The molecule has 5 heteroatoms. The van der Waals surface area contributed by atoms with Gasteiger partial charge in [-0.1, -0.05) is 71.8 Å². The van der Waals surface area contributed by atoms with Crippen molar-refractivity contribution in [2.24, 2.45) is 0 Å². The molecule has 0 fully saturated rings. The van der Waals surface area contributed by atoms with Crippen LogP contribution in [0.4, 0.5) is 0 Å². The van der Waals surface area contributed by atoms with Crippen LogP contribution in [0.1, 0.15) is 28.3 Å². The van der Waals surface area contributed by atoms with Crippen molar-refractivity contribution in [1.29, 1.82) is 5.41 Å². The third-order valence-electron chi connectivity index (χ3n) is 5.76. The molecule has 4 rings (SSSR count). The van der Waals surface area contributed by atoms with E-state index in [1.165, 1.54) is 22.3 Å². The number of nitrogens with zero attached hydrogens (tertiary/aromatic N) is 2. The molecule has 0 spiro atoms. The van der Waals surface area contributed by atoms with Gasteiger partial charge in [-0.05, 0) is 43.5 Å². The van der Waals surface area contributed by atoms with Gasteiger partial charge in [0.2, 0.25) is 5.62 Å². The van der Waals surface area contributed by atoms with E-state index < -0.39 is 10.8 Å². The van der Waals surface area contributed by atoms with Gasteiger partial charge in [0.05, 0.1) is 23.6 Å². The van der Waals surface area contributed by atoms with Crippen LogP contribution in [-0.4, -0.2) is 25.4 Å². The zero-order valence-corrected chi connectivity index (χ0v) is 19.2. The number of hydrogen-bond donors (Lipinski definition) is 1. The number of aryl methyl sites for hydroxylation is 2. The molecule has 4 aromatic rings. The van der Waals surface area contributed by atoms with Crippen molar-refractivity contribution in [3.63, 3.8) is 0 Å². The second kappa shape index (κ2) is 9.06. The predicted molar refractivity (Wildman–Crippen MR) is 129 cm³/mol. The van der Waals surface area contributed by atoms with E-state index in [2.05, 4.69) is 83.6 Å². The smallest absolute Gasteiger partial charge is 0.203 e. The lowest BCUT2D eigenvalue weighted by molar-refractivity contribution is 0.516. The van der Waals surface area contributed by atoms with Crippen molar-refractivity contribution in [3.05, 3.63) is 101 Å². The molecule has 1 heterocycles. The quantitative estimate of drug-likeness (QED) is 0.451. The fourth-order valence-electron chi connectivity index (χ4n) is 4.15. The Kier molecular flexibility index (Phi) is 6.23. The molecule has 1 N–H and O–H groups in total. The highest BCUT2D eigenvalue weighted by molar-refractivity contribution is 7.84. The first-order chi connectivity index (χ1) is 14.9. The van der Waals surface area contributed by atoms with E-state index in [9.17, 15) is 4.21 Å². The molecule has 0 aliphatic heterocycles. The number of imidazole rings is 1. The van der Waals surface area contributed by atoms with E-state index in [-0.39, 0.29) is 6.04 Å². The topological polar surface area (TPSA) is 50.8 Å². The standard InChI is InChI=1S/C26H29N3OS/c1-19-8-12-21(13-9-19)16-23(18-31(3)30)29-25-7-5-4-6-24(25)28(26(29)27)17-22-14-10-20(2)11-15-22/h4-15,23,27H,16-18H2,1-3H3/t23-,31?/m0/s1. The van der Waals surface area contributed by atoms with Crippen molar-refractivity contribution in [2.75, 3.05) is 12.0 Å². The van der Waals surface area contributed by atoms with Crippen LogP contribution >= 0.6 is 0 Å². The third kappa shape index (κ3) is 4.72. The van der Waals surface area contributed by atoms with Crippen molar-refractivity contribution in [2.45, 2.75) is 32.9 Å². The molecule has 160 valence electrons. The molecule has 0 amide bonds. The maximum atomic E-state index is 12.3. The summed E-state index contributed by atoms with van der Waals surface area (Å²) < 4.78 is 16.4. The monoisotopic (exact) mass is 431 g/mol. The number of fused-ring (bicyclic) bond motifs is 1. The minimum Gasteiger partial charge on any atom is -0.306 e. The van der Waals surface area contributed by atoms with Crippen LogP contribution in [0.15, 0.2) is 72.8 Å². The lowest BCUT2D eigenvalue weighted by Gasteiger charge is -2.19. The lowest BCUT2D eigenvalue weighted by Crippen LogP contribution is -2.31. The Balaban J connectivity index is 1.81. The van der Waals surface area contributed by atoms with Crippen LogP contribution < -0.4 is 5.62 Å². The SMILES string of the molecule is Cc1ccc(C[C@@H](CS(C)=O)n2c(=N)n(Cc3ccc(C)cc3)c3ccccc32)cc1. The average molecular weight is 432 g/mol. The first-order valence-corrected chi connectivity index (χ1v) is 12.3. The van der Waals surface area contributed by atoms with Crippen LogP contribution in [0.5, 0.6) is 0 Å². The summed E-state index contributed by atoms with van der Waals surface area (Å²) in [6.07, 6.45) is 2.49. The maximum Gasteiger partial charge on any atom is 0.203 e. The number of rotatable bonds is 7. The van der Waals surface area contributed by atoms with Gasteiger partial charge in [-0.3, -0.25) is 9.62 Å². The molecule has 2 atom stereocenters. The largest absolute Gasteiger partial charge is 0.306 e. The summed E-state index contributed by atoms with van der Waals surface area (Å²) >= 11 is 0. The zero-order valence-electron chi connectivity index (χ0n) is 18.3. The van der Waals surface area contributed by atoms with E-state index in [0.29, 0.717) is 17.9 Å². The van der Waals surface area contributed by atoms with Crippen LogP contribution in [-0.2, 0) is 23.8 Å². The molecular formula is C26H29N3OS. The van der Waals surface area contributed by atoms with E-state index in [1.54, 1.807) is 6.26 Å². The summed E-state index contributed by atoms with van der Waals surface area (Å²) in [6.45, 7) is 4.80. The Labute approximate surface area is 186 Å². The van der Waals surface area contributed by atoms with Crippen molar-refractivity contribution in [1.82, 2.24) is 9.13 Å². The highest BCUT2D eigenvalue weighted by Gasteiger charge is 2.20. The molecule has 1 unspecified atom stereocenters. The molecule has 4 nitrogen and oxygen atoms in total. The summed E-state index contributed by atoms with van der Waals surface area (Å²) in [5, 5.41) is 9.07. The number of nitrogens with one attached hydrogen (secondary N) is 1. The van der Waals surface area contributed by atoms with Crippen molar-refractivity contribution >= 4 is 21.8 Å². The molecule has 0 saturated carbocycles. The molecule has 0 saturated heterocycles. The van der Waals surface area contributed by atoms with E-state index in [4.69, 9.17) is 5.41 Å². The number of benzene rings is 3. The zero-order chi connectivity index (χ0) is 22.0. The first kappa shape index (κ1) is 21.3. The molecule has 0 aliphatic rings. The lowest BCUT2D eigenvalue weighted by atomic mass is 10.1. The van der Waals surface area contributed by atoms with Crippen LogP contribution in [0, 0.1) is 19.3 Å². The molecule has 3 aromatic carbocycles. The van der Waals surface area contributed by atoms with Gasteiger partial charge in [-0.15, -0.1) is 0 Å². The van der Waals surface area contributed by atoms with Gasteiger partial charge in [0.15, 0.2) is 0 Å². The minimum absolute atomic E-state index is 0.0507. The second-order valence-electron chi connectivity index (χ2n) is 8.34. The van der Waals surface area contributed by atoms with Gasteiger partial charge >= 0.3 is 0 Å². The number of hydrogen-bond acceptors (Lipinski definition) is 2. The number of aromatic nitrogens is 2. The first-order valence-electron chi connectivity index (χ1n) is 10.6. The van der Waals surface area contributed by atoms with E-state index in [0.717, 1.165) is 17.5 Å². The summed E-state index contributed by atoms with van der Waals surface area (Å²) in [5.41, 5.74) is 7.31. The van der Waals surface area contributed by atoms with Gasteiger partial charge < -0.3 is 9.13 Å². The fraction of sp³-hybridized carbons (Fsp3) is 0.269. The van der Waals surface area contributed by atoms with E-state index >= 15 is 0 Å². The highest BCUT2D eigenvalue weighted by atomic mass is 32.2. The van der Waals surface area contributed by atoms with Gasteiger partial charge in [-0.2, -0.15) is 0 Å².